The lowest BCUT2D eigenvalue weighted by atomic mass is 10.1. The van der Waals surface area contributed by atoms with Gasteiger partial charge in [0.2, 0.25) is 10.0 Å². The molecule has 2 unspecified atom stereocenters. The number of rotatable bonds is 5. The quantitative estimate of drug-likeness (QED) is 0.815. The van der Waals surface area contributed by atoms with Crippen LogP contribution in [0.2, 0.25) is 0 Å². The third kappa shape index (κ3) is 4.01. The van der Waals surface area contributed by atoms with Crippen LogP contribution in [-0.2, 0) is 15.8 Å². The lowest BCUT2D eigenvalue weighted by molar-refractivity contribution is 0.538. The van der Waals surface area contributed by atoms with E-state index in [-0.39, 0.29) is 16.8 Å². The van der Waals surface area contributed by atoms with Gasteiger partial charge in [0.1, 0.15) is 4.99 Å². The average molecular weight is 312 g/mol. The smallest absolute Gasteiger partial charge is 0.216 e. The van der Waals surface area contributed by atoms with Crippen LogP contribution in [0.15, 0.2) is 24.3 Å². The number of hydrogen-bond acceptors (Lipinski definition) is 3. The highest BCUT2D eigenvalue weighted by Crippen LogP contribution is 2.25. The van der Waals surface area contributed by atoms with Crippen LogP contribution in [0.1, 0.15) is 37.3 Å². The Labute approximate surface area is 125 Å². The van der Waals surface area contributed by atoms with E-state index < -0.39 is 10.0 Å². The van der Waals surface area contributed by atoms with E-state index in [1.165, 1.54) is 0 Å². The minimum atomic E-state index is -3.36. The maximum Gasteiger partial charge on any atom is 0.216 e. The predicted molar refractivity (Wildman–Crippen MR) is 84.9 cm³/mol. The second-order valence-corrected chi connectivity index (χ2v) is 7.71. The maximum atomic E-state index is 12.2. The molecule has 1 fully saturated rings. The molecule has 0 spiro atoms. The van der Waals surface area contributed by atoms with Crippen LogP contribution < -0.4 is 10.5 Å². The third-order valence-corrected chi connectivity index (χ3v) is 5.27. The lowest BCUT2D eigenvalue weighted by Gasteiger charge is -2.14. The Balaban J connectivity index is 2.10. The van der Waals surface area contributed by atoms with E-state index in [1.807, 2.05) is 0 Å². The molecular formula is C14H20N2O2S2. The first-order chi connectivity index (χ1) is 9.37. The van der Waals surface area contributed by atoms with Crippen LogP contribution in [0.4, 0.5) is 0 Å². The van der Waals surface area contributed by atoms with E-state index in [9.17, 15) is 8.42 Å². The number of nitrogens with two attached hydrogens (primary N) is 1. The van der Waals surface area contributed by atoms with Crippen molar-refractivity contribution in [3.05, 3.63) is 35.4 Å². The topological polar surface area (TPSA) is 72.2 Å². The minimum Gasteiger partial charge on any atom is -0.389 e. The van der Waals surface area contributed by atoms with E-state index in [0.717, 1.165) is 19.3 Å². The lowest BCUT2D eigenvalue weighted by Crippen LogP contribution is -2.34. The third-order valence-electron chi connectivity index (χ3n) is 3.67. The molecule has 0 radical (unpaired) electrons. The minimum absolute atomic E-state index is 0.0620. The molecule has 0 amide bonds. The molecule has 0 heterocycles. The van der Waals surface area contributed by atoms with Crippen molar-refractivity contribution < 1.29 is 8.42 Å². The van der Waals surface area contributed by atoms with Gasteiger partial charge in [0.05, 0.1) is 5.75 Å². The number of sulfonamides is 1. The van der Waals surface area contributed by atoms with Gasteiger partial charge in [-0.05, 0) is 30.7 Å². The number of hydrogen-bond donors (Lipinski definition) is 2. The van der Waals surface area contributed by atoms with Crippen molar-refractivity contribution >= 4 is 27.2 Å². The van der Waals surface area contributed by atoms with Gasteiger partial charge in [-0.2, -0.15) is 0 Å². The van der Waals surface area contributed by atoms with Crippen LogP contribution in [-0.4, -0.2) is 19.4 Å². The highest BCUT2D eigenvalue weighted by molar-refractivity contribution is 7.88. The Kier molecular flexibility index (Phi) is 4.78. The Morgan fingerprint density at radius 3 is 2.70 bits per heavy atom. The highest BCUT2D eigenvalue weighted by atomic mass is 32.2. The summed E-state index contributed by atoms with van der Waals surface area (Å²) in [5.74, 6) is 0.511. The van der Waals surface area contributed by atoms with Gasteiger partial charge in [-0.3, -0.25) is 0 Å². The summed E-state index contributed by atoms with van der Waals surface area (Å²) in [7, 11) is -3.36. The van der Waals surface area contributed by atoms with E-state index in [2.05, 4.69) is 11.6 Å². The van der Waals surface area contributed by atoms with Crippen molar-refractivity contribution in [3.8, 4) is 0 Å². The zero-order chi connectivity index (χ0) is 14.8. The molecule has 1 aromatic carbocycles. The van der Waals surface area contributed by atoms with Crippen LogP contribution in [0, 0.1) is 5.92 Å². The number of benzene rings is 1. The first-order valence-electron chi connectivity index (χ1n) is 6.75. The van der Waals surface area contributed by atoms with Crippen LogP contribution in [0.3, 0.4) is 0 Å². The molecule has 1 aliphatic rings. The molecule has 110 valence electrons. The fourth-order valence-corrected chi connectivity index (χ4v) is 4.37. The standard InChI is InChI=1S/C14H20N2O2S2/c1-10-6-7-12(8-10)16-20(17,18)9-11-4-2-3-5-13(11)14(15)19/h2-5,10,12,16H,6-9H2,1H3,(H2,15,19). The normalized spacial score (nSPS) is 22.9. The Morgan fingerprint density at radius 1 is 1.40 bits per heavy atom. The molecule has 20 heavy (non-hydrogen) atoms. The van der Waals surface area contributed by atoms with Gasteiger partial charge in [-0.1, -0.05) is 43.4 Å². The van der Waals surface area contributed by atoms with Crippen molar-refractivity contribution in [2.75, 3.05) is 0 Å². The van der Waals surface area contributed by atoms with Gasteiger partial charge in [0, 0.05) is 11.6 Å². The van der Waals surface area contributed by atoms with Gasteiger partial charge >= 0.3 is 0 Å². The van der Waals surface area contributed by atoms with Crippen molar-refractivity contribution in [1.82, 2.24) is 4.72 Å². The van der Waals surface area contributed by atoms with Gasteiger partial charge in [0.15, 0.2) is 0 Å². The molecule has 3 N–H and O–H groups in total. The molecule has 2 atom stereocenters. The average Bonchev–Trinajstić information content (AvgIpc) is 2.73. The van der Waals surface area contributed by atoms with Gasteiger partial charge < -0.3 is 5.73 Å². The van der Waals surface area contributed by atoms with Crippen molar-refractivity contribution in [2.45, 2.75) is 38.0 Å². The molecule has 4 nitrogen and oxygen atoms in total. The van der Waals surface area contributed by atoms with Crippen molar-refractivity contribution in [1.29, 1.82) is 0 Å². The van der Waals surface area contributed by atoms with E-state index in [4.69, 9.17) is 18.0 Å². The SMILES string of the molecule is CC1CCC(NS(=O)(=O)Cc2ccccc2C(N)=S)C1. The summed E-state index contributed by atoms with van der Waals surface area (Å²) in [5, 5.41) is 0. The van der Waals surface area contributed by atoms with Crippen molar-refractivity contribution in [2.24, 2.45) is 11.7 Å². The summed E-state index contributed by atoms with van der Waals surface area (Å²) in [6, 6.07) is 7.17. The molecule has 1 aromatic rings. The summed E-state index contributed by atoms with van der Waals surface area (Å²) in [6.45, 7) is 2.15. The summed E-state index contributed by atoms with van der Waals surface area (Å²) in [5.41, 5.74) is 6.91. The first kappa shape index (κ1) is 15.4. The van der Waals surface area contributed by atoms with Crippen molar-refractivity contribution in [3.63, 3.8) is 0 Å². The Bertz CT molecular complexity index is 599. The van der Waals surface area contributed by atoms with E-state index >= 15 is 0 Å². The summed E-state index contributed by atoms with van der Waals surface area (Å²) < 4.78 is 27.3. The first-order valence-corrected chi connectivity index (χ1v) is 8.81. The fourth-order valence-electron chi connectivity index (χ4n) is 2.70. The molecule has 0 bridgehead atoms. The Hall–Kier alpha value is -0.980. The van der Waals surface area contributed by atoms with Gasteiger partial charge in [-0.15, -0.1) is 0 Å². The second kappa shape index (κ2) is 6.20. The zero-order valence-corrected chi connectivity index (χ0v) is 13.1. The molecule has 2 rings (SSSR count). The van der Waals surface area contributed by atoms with E-state index in [1.54, 1.807) is 24.3 Å². The molecule has 1 aliphatic carbocycles. The second-order valence-electron chi connectivity index (χ2n) is 5.51. The van der Waals surface area contributed by atoms with E-state index in [0.29, 0.717) is 17.0 Å². The molecular weight excluding hydrogens is 292 g/mol. The van der Waals surface area contributed by atoms with Gasteiger partial charge in [0.25, 0.3) is 0 Å². The number of thiocarbonyl (C=S) groups is 1. The molecule has 0 saturated heterocycles. The molecule has 1 saturated carbocycles. The van der Waals surface area contributed by atoms with Gasteiger partial charge in [-0.25, -0.2) is 13.1 Å². The van der Waals surface area contributed by atoms with Crippen LogP contribution >= 0.6 is 12.2 Å². The summed E-state index contributed by atoms with van der Waals surface area (Å²) >= 11 is 4.96. The molecule has 6 heteroatoms. The fraction of sp³-hybridized carbons (Fsp3) is 0.500. The van der Waals surface area contributed by atoms with Crippen LogP contribution in [0.25, 0.3) is 0 Å². The summed E-state index contributed by atoms with van der Waals surface area (Å²) in [4.78, 5) is 0.227. The largest absolute Gasteiger partial charge is 0.389 e. The molecule has 0 aliphatic heterocycles. The predicted octanol–water partition coefficient (Wildman–Crippen LogP) is 1.93. The van der Waals surface area contributed by atoms with Crippen LogP contribution in [0.5, 0.6) is 0 Å². The summed E-state index contributed by atoms with van der Waals surface area (Å²) in [6.07, 6.45) is 2.91. The zero-order valence-electron chi connectivity index (χ0n) is 11.5. The monoisotopic (exact) mass is 312 g/mol. The maximum absolute atomic E-state index is 12.2. The highest BCUT2D eigenvalue weighted by Gasteiger charge is 2.26. The molecule has 0 aromatic heterocycles. The number of nitrogens with one attached hydrogen (secondary N) is 1. The Morgan fingerprint density at radius 2 is 2.10 bits per heavy atom.